The third-order valence-corrected chi connectivity index (χ3v) is 6.42. The van der Waals surface area contributed by atoms with E-state index in [1.165, 1.54) is 5.56 Å². The molecule has 1 aliphatic carbocycles. The minimum Gasteiger partial charge on any atom is -0.488 e. The maximum atomic E-state index is 6.45. The number of rotatable bonds is 5. The van der Waals surface area contributed by atoms with Crippen molar-refractivity contribution in [2.45, 2.75) is 45.0 Å². The lowest BCUT2D eigenvalue weighted by atomic mass is 9.98. The van der Waals surface area contributed by atoms with E-state index in [0.717, 1.165) is 44.3 Å². The summed E-state index contributed by atoms with van der Waals surface area (Å²) in [5.74, 6) is 2.09. The molecule has 2 aliphatic heterocycles. The number of allylic oxidation sites excluding steroid dienone is 2. The van der Waals surface area contributed by atoms with Gasteiger partial charge in [0.2, 0.25) is 0 Å². The van der Waals surface area contributed by atoms with Gasteiger partial charge in [-0.3, -0.25) is 9.80 Å². The first-order chi connectivity index (χ1) is 15.5. The van der Waals surface area contributed by atoms with Crippen LogP contribution >= 0.6 is 0 Å². The topological polar surface area (TPSA) is 59.3 Å². The second-order valence-corrected chi connectivity index (χ2v) is 9.82. The molecule has 0 N–H and O–H groups in total. The van der Waals surface area contributed by atoms with Gasteiger partial charge in [0.25, 0.3) is 0 Å². The zero-order valence-electron chi connectivity index (χ0n) is 19.1. The molecular weight excluding hydrogens is 400 g/mol. The first-order valence-electron chi connectivity index (χ1n) is 11.5. The van der Waals surface area contributed by atoms with Gasteiger partial charge in [-0.1, -0.05) is 48.6 Å². The Morgan fingerprint density at radius 1 is 1.03 bits per heavy atom. The van der Waals surface area contributed by atoms with E-state index in [0.29, 0.717) is 0 Å². The summed E-state index contributed by atoms with van der Waals surface area (Å²) in [6.45, 7) is 11.3. The van der Waals surface area contributed by atoms with Crippen LogP contribution in [0.3, 0.4) is 0 Å². The van der Waals surface area contributed by atoms with Gasteiger partial charge in [0.1, 0.15) is 17.9 Å². The molecule has 0 bridgehead atoms. The third kappa shape index (κ3) is 4.27. The number of hydrogen-bond acceptors (Lipinski definition) is 6. The molecule has 0 amide bonds. The lowest BCUT2D eigenvalue weighted by molar-refractivity contribution is 0.0567. The van der Waals surface area contributed by atoms with Gasteiger partial charge in [0, 0.05) is 38.6 Å². The van der Waals surface area contributed by atoms with Crippen molar-refractivity contribution in [1.82, 2.24) is 30.0 Å². The van der Waals surface area contributed by atoms with Crippen LogP contribution in [-0.4, -0.2) is 62.3 Å². The second kappa shape index (κ2) is 8.64. The molecular formula is C25H32N6O. The number of fused-ring (bicyclic) bond motifs is 1. The first kappa shape index (κ1) is 21.1. The van der Waals surface area contributed by atoms with Crippen molar-refractivity contribution in [3.05, 3.63) is 77.9 Å². The van der Waals surface area contributed by atoms with Gasteiger partial charge in [-0.25, -0.2) is 4.68 Å². The third-order valence-electron chi connectivity index (χ3n) is 6.42. The fourth-order valence-corrected chi connectivity index (χ4v) is 4.75. The lowest BCUT2D eigenvalue weighted by Crippen LogP contribution is -2.48. The maximum absolute atomic E-state index is 6.45. The molecule has 3 unspecified atom stereocenters. The molecule has 0 saturated carbocycles. The second-order valence-electron chi connectivity index (χ2n) is 9.82. The van der Waals surface area contributed by atoms with Crippen LogP contribution in [0.15, 0.2) is 66.5 Å². The summed E-state index contributed by atoms with van der Waals surface area (Å²) < 4.78 is 8.40. The molecule has 2 aromatic rings. The van der Waals surface area contributed by atoms with Crippen LogP contribution < -0.4 is 0 Å². The summed E-state index contributed by atoms with van der Waals surface area (Å²) in [7, 11) is 0. The molecule has 1 aromatic heterocycles. The molecule has 7 heteroatoms. The van der Waals surface area contributed by atoms with Gasteiger partial charge >= 0.3 is 0 Å². The van der Waals surface area contributed by atoms with Crippen LogP contribution in [0.1, 0.15) is 38.2 Å². The van der Waals surface area contributed by atoms with Crippen LogP contribution in [0, 0.1) is 5.92 Å². The van der Waals surface area contributed by atoms with Crippen molar-refractivity contribution < 1.29 is 4.74 Å². The monoisotopic (exact) mass is 432 g/mol. The SMILES string of the molecule is CC(C)(C)n1nnnc1C(C1=CC2C=CC=CC2O1)N1CCN(Cc2ccccc2)CC1. The summed E-state index contributed by atoms with van der Waals surface area (Å²) in [4.78, 5) is 5.00. The highest BCUT2D eigenvalue weighted by Gasteiger charge is 2.39. The fraction of sp³-hybridized carbons (Fsp3) is 0.480. The average Bonchev–Trinajstić information content (AvgIpc) is 3.43. The van der Waals surface area contributed by atoms with Crippen LogP contribution in [0.2, 0.25) is 0 Å². The number of nitrogens with zero attached hydrogens (tertiary/aromatic N) is 6. The predicted molar refractivity (Wildman–Crippen MR) is 124 cm³/mol. The van der Waals surface area contributed by atoms with Crippen molar-refractivity contribution in [2.75, 3.05) is 26.2 Å². The number of benzene rings is 1. The smallest absolute Gasteiger partial charge is 0.176 e. The minimum atomic E-state index is -0.210. The number of aromatic nitrogens is 4. The lowest BCUT2D eigenvalue weighted by Gasteiger charge is -2.39. The molecule has 7 nitrogen and oxygen atoms in total. The van der Waals surface area contributed by atoms with Crippen molar-refractivity contribution in [2.24, 2.45) is 5.92 Å². The summed E-state index contributed by atoms with van der Waals surface area (Å²) in [5.41, 5.74) is 1.15. The van der Waals surface area contributed by atoms with Gasteiger partial charge in [0.05, 0.1) is 5.54 Å². The molecule has 3 heterocycles. The Hall–Kier alpha value is -2.77. The summed E-state index contributed by atoms with van der Waals surface area (Å²) in [6, 6.07) is 10.6. The Morgan fingerprint density at radius 3 is 2.50 bits per heavy atom. The minimum absolute atomic E-state index is 0.0656. The molecule has 168 valence electrons. The van der Waals surface area contributed by atoms with Gasteiger partial charge in [0.15, 0.2) is 5.82 Å². The van der Waals surface area contributed by atoms with Crippen molar-refractivity contribution in [3.8, 4) is 0 Å². The summed E-state index contributed by atoms with van der Waals surface area (Å²) in [5, 5.41) is 12.9. The highest BCUT2D eigenvalue weighted by molar-refractivity contribution is 5.29. The van der Waals surface area contributed by atoms with E-state index < -0.39 is 0 Å². The molecule has 1 saturated heterocycles. The maximum Gasteiger partial charge on any atom is 0.176 e. The van der Waals surface area contributed by atoms with Crippen molar-refractivity contribution >= 4 is 0 Å². The molecule has 32 heavy (non-hydrogen) atoms. The van der Waals surface area contributed by atoms with Crippen LogP contribution in [-0.2, 0) is 16.8 Å². The Kier molecular flexibility index (Phi) is 5.69. The van der Waals surface area contributed by atoms with Gasteiger partial charge in [-0.05, 0) is 48.9 Å². The van der Waals surface area contributed by atoms with E-state index in [9.17, 15) is 0 Å². The number of piperazine rings is 1. The van der Waals surface area contributed by atoms with Gasteiger partial charge in [-0.2, -0.15) is 0 Å². The molecule has 0 radical (unpaired) electrons. The van der Waals surface area contributed by atoms with Crippen LogP contribution in [0.25, 0.3) is 0 Å². The summed E-state index contributed by atoms with van der Waals surface area (Å²) in [6.07, 6.45) is 10.8. The Bertz CT molecular complexity index is 1010. The molecule has 3 aliphatic rings. The van der Waals surface area contributed by atoms with E-state index in [1.807, 2.05) is 4.68 Å². The van der Waals surface area contributed by atoms with Gasteiger partial charge in [-0.15, -0.1) is 5.10 Å². The highest BCUT2D eigenvalue weighted by atomic mass is 16.5. The zero-order valence-corrected chi connectivity index (χ0v) is 19.1. The van der Waals surface area contributed by atoms with E-state index in [1.54, 1.807) is 0 Å². The number of ether oxygens (including phenoxy) is 1. The predicted octanol–water partition coefficient (Wildman–Crippen LogP) is 3.31. The van der Waals surface area contributed by atoms with E-state index in [4.69, 9.17) is 4.74 Å². The van der Waals surface area contributed by atoms with Crippen molar-refractivity contribution in [3.63, 3.8) is 0 Å². The summed E-state index contributed by atoms with van der Waals surface area (Å²) >= 11 is 0. The number of tetrazole rings is 1. The molecule has 1 fully saturated rings. The largest absolute Gasteiger partial charge is 0.488 e. The van der Waals surface area contributed by atoms with Gasteiger partial charge < -0.3 is 4.74 Å². The van der Waals surface area contributed by atoms with E-state index >= 15 is 0 Å². The highest BCUT2D eigenvalue weighted by Crippen LogP contribution is 2.38. The molecule has 5 rings (SSSR count). The Morgan fingerprint density at radius 2 is 1.78 bits per heavy atom. The standard InChI is InChI=1S/C25H32N6O/c1-25(2,3)31-24(26-27-28-31)23(22-17-20-11-7-8-12-21(20)32-22)30-15-13-29(14-16-30)18-19-9-5-4-6-10-19/h4-12,17,20-21,23H,13-16,18H2,1-3H3. The quantitative estimate of drug-likeness (QED) is 0.723. The van der Waals surface area contributed by atoms with Crippen LogP contribution in [0.4, 0.5) is 0 Å². The molecule has 3 atom stereocenters. The molecule has 1 aromatic carbocycles. The average molecular weight is 433 g/mol. The zero-order chi connectivity index (χ0) is 22.1. The Balaban J connectivity index is 1.38. The first-order valence-corrected chi connectivity index (χ1v) is 11.5. The van der Waals surface area contributed by atoms with Crippen molar-refractivity contribution in [1.29, 1.82) is 0 Å². The number of hydrogen-bond donors (Lipinski definition) is 0. The van der Waals surface area contributed by atoms with Crippen LogP contribution in [0.5, 0.6) is 0 Å². The Labute approximate surface area is 190 Å². The normalized spacial score (nSPS) is 24.8. The van der Waals surface area contributed by atoms with E-state index in [-0.39, 0.29) is 23.6 Å². The molecule has 0 spiro atoms. The fourth-order valence-electron chi connectivity index (χ4n) is 4.75. The van der Waals surface area contributed by atoms with E-state index in [2.05, 4.69) is 107 Å².